The SMILES string of the molecule is COc1cc(C(C)(C)CC(=O)O)c(Cl)cc1OC(C)C. The van der Waals surface area contributed by atoms with E-state index in [2.05, 4.69) is 0 Å². The maximum Gasteiger partial charge on any atom is 0.304 e. The van der Waals surface area contributed by atoms with Gasteiger partial charge in [0.25, 0.3) is 0 Å². The average Bonchev–Trinajstić information content (AvgIpc) is 2.26. The van der Waals surface area contributed by atoms with Crippen LogP contribution in [0.2, 0.25) is 5.02 Å². The molecule has 0 aliphatic rings. The molecule has 0 aromatic heterocycles. The Hall–Kier alpha value is -1.42. The summed E-state index contributed by atoms with van der Waals surface area (Å²) >= 11 is 6.28. The molecule has 0 saturated carbocycles. The normalized spacial score (nSPS) is 11.6. The zero-order valence-corrected chi connectivity index (χ0v) is 13.2. The van der Waals surface area contributed by atoms with E-state index < -0.39 is 11.4 Å². The fourth-order valence-electron chi connectivity index (χ4n) is 2.03. The molecule has 1 aromatic rings. The largest absolute Gasteiger partial charge is 0.493 e. The van der Waals surface area contributed by atoms with E-state index >= 15 is 0 Å². The molecular formula is C15H21ClO4. The number of methoxy groups -OCH3 is 1. The zero-order chi connectivity index (χ0) is 15.5. The fraction of sp³-hybridized carbons (Fsp3) is 0.533. The minimum Gasteiger partial charge on any atom is -0.493 e. The van der Waals surface area contributed by atoms with E-state index in [4.69, 9.17) is 26.2 Å². The predicted octanol–water partition coefficient (Wildman–Crippen LogP) is 3.89. The van der Waals surface area contributed by atoms with Crippen molar-refractivity contribution in [2.45, 2.75) is 45.6 Å². The van der Waals surface area contributed by atoms with Gasteiger partial charge in [-0.1, -0.05) is 25.4 Å². The molecule has 1 aromatic carbocycles. The van der Waals surface area contributed by atoms with Gasteiger partial charge in [-0.05, 0) is 25.5 Å². The first-order chi connectivity index (χ1) is 9.17. The van der Waals surface area contributed by atoms with E-state index in [1.165, 1.54) is 0 Å². The summed E-state index contributed by atoms with van der Waals surface area (Å²) in [5.41, 5.74) is 0.140. The van der Waals surface area contributed by atoms with Crippen LogP contribution in [0, 0.1) is 0 Å². The third-order valence-electron chi connectivity index (χ3n) is 2.94. The van der Waals surface area contributed by atoms with Gasteiger partial charge in [0.1, 0.15) is 0 Å². The number of ether oxygens (including phenoxy) is 2. The fourth-order valence-corrected chi connectivity index (χ4v) is 2.44. The molecule has 112 valence electrons. The van der Waals surface area contributed by atoms with E-state index in [-0.39, 0.29) is 12.5 Å². The second-order valence-corrected chi connectivity index (χ2v) is 6.01. The molecule has 0 aliphatic carbocycles. The number of halogens is 1. The number of carbonyl (C=O) groups is 1. The molecule has 20 heavy (non-hydrogen) atoms. The van der Waals surface area contributed by atoms with Crippen LogP contribution in [-0.2, 0) is 10.2 Å². The Morgan fingerprint density at radius 1 is 1.35 bits per heavy atom. The summed E-state index contributed by atoms with van der Waals surface area (Å²) in [6, 6.07) is 3.43. The monoisotopic (exact) mass is 300 g/mol. The maximum atomic E-state index is 11.0. The molecule has 0 atom stereocenters. The Bertz CT molecular complexity index is 495. The number of hydrogen-bond donors (Lipinski definition) is 1. The maximum absolute atomic E-state index is 11.0. The molecule has 1 rings (SSSR count). The molecule has 0 saturated heterocycles. The van der Waals surface area contributed by atoms with Gasteiger partial charge in [0.15, 0.2) is 11.5 Å². The van der Waals surface area contributed by atoms with E-state index in [1.807, 2.05) is 27.7 Å². The lowest BCUT2D eigenvalue weighted by Crippen LogP contribution is -2.22. The molecule has 0 aliphatic heterocycles. The molecule has 0 unspecified atom stereocenters. The Balaban J connectivity index is 3.26. The highest BCUT2D eigenvalue weighted by atomic mass is 35.5. The zero-order valence-electron chi connectivity index (χ0n) is 12.5. The summed E-state index contributed by atoms with van der Waals surface area (Å²) in [5, 5.41) is 9.48. The van der Waals surface area contributed by atoms with Crippen molar-refractivity contribution in [2.24, 2.45) is 0 Å². The summed E-state index contributed by atoms with van der Waals surface area (Å²) in [6.45, 7) is 7.50. The van der Waals surface area contributed by atoms with Crippen molar-refractivity contribution >= 4 is 17.6 Å². The summed E-state index contributed by atoms with van der Waals surface area (Å²) in [6.07, 6.45) is -0.0156. The molecule has 0 fully saturated rings. The highest BCUT2D eigenvalue weighted by molar-refractivity contribution is 6.31. The van der Waals surface area contributed by atoms with Crippen LogP contribution < -0.4 is 9.47 Å². The lowest BCUT2D eigenvalue weighted by molar-refractivity contribution is -0.138. The van der Waals surface area contributed by atoms with Gasteiger partial charge in [-0.2, -0.15) is 0 Å². The van der Waals surface area contributed by atoms with Crippen molar-refractivity contribution in [1.82, 2.24) is 0 Å². The van der Waals surface area contributed by atoms with Crippen LogP contribution >= 0.6 is 11.6 Å². The van der Waals surface area contributed by atoms with Gasteiger partial charge in [-0.25, -0.2) is 0 Å². The van der Waals surface area contributed by atoms with Crippen molar-refractivity contribution in [3.8, 4) is 11.5 Å². The van der Waals surface area contributed by atoms with Crippen molar-refractivity contribution in [2.75, 3.05) is 7.11 Å². The number of benzene rings is 1. The minimum atomic E-state index is -0.868. The predicted molar refractivity (Wildman–Crippen MR) is 79.0 cm³/mol. The van der Waals surface area contributed by atoms with E-state index in [0.29, 0.717) is 16.5 Å². The summed E-state index contributed by atoms with van der Waals surface area (Å²) in [4.78, 5) is 11.0. The minimum absolute atomic E-state index is 0.00199. The number of rotatable bonds is 6. The number of aliphatic carboxylic acids is 1. The van der Waals surface area contributed by atoms with Gasteiger partial charge in [-0.3, -0.25) is 4.79 Å². The van der Waals surface area contributed by atoms with Crippen LogP contribution in [0.15, 0.2) is 12.1 Å². The van der Waals surface area contributed by atoms with Crippen molar-refractivity contribution in [3.63, 3.8) is 0 Å². The first-order valence-corrected chi connectivity index (χ1v) is 6.81. The van der Waals surface area contributed by atoms with Gasteiger partial charge in [0.2, 0.25) is 0 Å². The second kappa shape index (κ2) is 6.35. The molecule has 0 spiro atoms. The van der Waals surface area contributed by atoms with Gasteiger partial charge < -0.3 is 14.6 Å². The molecule has 1 N–H and O–H groups in total. The highest BCUT2D eigenvalue weighted by Gasteiger charge is 2.28. The molecular weight excluding hydrogens is 280 g/mol. The molecule has 0 bridgehead atoms. The number of carboxylic acid groups (broad SMARTS) is 1. The van der Waals surface area contributed by atoms with E-state index in [1.54, 1.807) is 19.2 Å². The number of carboxylic acids is 1. The Morgan fingerprint density at radius 3 is 2.40 bits per heavy atom. The van der Waals surface area contributed by atoms with E-state index in [0.717, 1.165) is 5.56 Å². The Kier molecular flexibility index (Phi) is 5.28. The van der Waals surface area contributed by atoms with Gasteiger partial charge >= 0.3 is 5.97 Å². The summed E-state index contributed by atoms with van der Waals surface area (Å²) in [7, 11) is 1.55. The van der Waals surface area contributed by atoms with Crippen molar-refractivity contribution in [1.29, 1.82) is 0 Å². The molecule has 0 amide bonds. The van der Waals surface area contributed by atoms with Crippen LogP contribution in [0.5, 0.6) is 11.5 Å². The quantitative estimate of drug-likeness (QED) is 0.866. The Morgan fingerprint density at radius 2 is 1.95 bits per heavy atom. The lowest BCUT2D eigenvalue weighted by Gasteiger charge is -2.26. The van der Waals surface area contributed by atoms with Crippen LogP contribution in [0.4, 0.5) is 0 Å². The first-order valence-electron chi connectivity index (χ1n) is 6.44. The Labute approximate surface area is 124 Å². The summed E-state index contributed by atoms with van der Waals surface area (Å²) < 4.78 is 11.0. The third-order valence-corrected chi connectivity index (χ3v) is 3.25. The smallest absolute Gasteiger partial charge is 0.304 e. The van der Waals surface area contributed by atoms with Crippen molar-refractivity contribution < 1.29 is 19.4 Å². The van der Waals surface area contributed by atoms with E-state index in [9.17, 15) is 4.79 Å². The van der Waals surface area contributed by atoms with Crippen molar-refractivity contribution in [3.05, 3.63) is 22.7 Å². The molecule has 4 nitrogen and oxygen atoms in total. The third kappa shape index (κ3) is 4.04. The molecule has 0 radical (unpaired) electrons. The van der Waals surface area contributed by atoms with Crippen LogP contribution in [0.25, 0.3) is 0 Å². The van der Waals surface area contributed by atoms with Gasteiger partial charge in [0, 0.05) is 16.5 Å². The van der Waals surface area contributed by atoms with Crippen LogP contribution in [0.1, 0.15) is 39.7 Å². The van der Waals surface area contributed by atoms with Gasteiger partial charge in [-0.15, -0.1) is 0 Å². The second-order valence-electron chi connectivity index (χ2n) is 5.60. The molecule has 5 heteroatoms. The lowest BCUT2D eigenvalue weighted by atomic mass is 9.81. The topological polar surface area (TPSA) is 55.8 Å². The first kappa shape index (κ1) is 16.6. The number of hydrogen-bond acceptors (Lipinski definition) is 3. The highest BCUT2D eigenvalue weighted by Crippen LogP contribution is 2.40. The van der Waals surface area contributed by atoms with Gasteiger partial charge in [0.05, 0.1) is 19.6 Å². The average molecular weight is 301 g/mol. The standard InChI is InChI=1S/C15H21ClO4/c1-9(2)20-13-7-11(16)10(6-12(13)19-5)15(3,4)8-14(17)18/h6-7,9H,8H2,1-5H3,(H,17,18). The molecule has 0 heterocycles. The summed E-state index contributed by atoms with van der Waals surface area (Å²) in [5.74, 6) is 0.242. The van der Waals surface area contributed by atoms with Crippen LogP contribution in [-0.4, -0.2) is 24.3 Å². The van der Waals surface area contributed by atoms with Crippen LogP contribution in [0.3, 0.4) is 0 Å².